The van der Waals surface area contributed by atoms with Gasteiger partial charge in [-0.3, -0.25) is 4.79 Å². The average Bonchev–Trinajstić information content (AvgIpc) is 2.95. The number of primary amides is 1. The Bertz CT molecular complexity index is 659. The van der Waals surface area contributed by atoms with Gasteiger partial charge in [0.1, 0.15) is 11.9 Å². The molecule has 0 aliphatic rings. The molecule has 0 fully saturated rings. The summed E-state index contributed by atoms with van der Waals surface area (Å²) in [5.74, 6) is 0.594. The lowest BCUT2D eigenvalue weighted by Crippen LogP contribution is -2.10. The number of nitrogens with two attached hydrogens (primary N) is 1. The van der Waals surface area contributed by atoms with Crippen LogP contribution < -0.4 is 10.5 Å². The molecule has 118 valence electrons. The number of nitrogens with zero attached hydrogens (tertiary/aromatic N) is 2. The third-order valence-electron chi connectivity index (χ3n) is 2.83. The second kappa shape index (κ2) is 7.24. The Labute approximate surface area is 132 Å². The fraction of sp³-hybridized carbons (Fsp3) is 0.357. The normalized spacial score (nSPS) is 12.1. The number of hydrogen-bond acceptors (Lipinski definition) is 6. The van der Waals surface area contributed by atoms with Crippen molar-refractivity contribution >= 4 is 17.5 Å². The van der Waals surface area contributed by atoms with Gasteiger partial charge in [-0.1, -0.05) is 16.8 Å². The summed E-state index contributed by atoms with van der Waals surface area (Å²) >= 11 is 6.02. The van der Waals surface area contributed by atoms with E-state index in [-0.39, 0.29) is 17.7 Å². The Morgan fingerprint density at radius 1 is 1.50 bits per heavy atom. The van der Waals surface area contributed by atoms with Crippen LogP contribution in [0.25, 0.3) is 0 Å². The highest BCUT2D eigenvalue weighted by atomic mass is 35.5. The molecule has 0 saturated carbocycles. The van der Waals surface area contributed by atoms with E-state index in [2.05, 4.69) is 10.1 Å². The van der Waals surface area contributed by atoms with Crippen LogP contribution in [0.15, 0.2) is 22.7 Å². The average molecular weight is 326 g/mol. The van der Waals surface area contributed by atoms with Crippen molar-refractivity contribution in [3.05, 3.63) is 40.5 Å². The number of aromatic nitrogens is 2. The topological polar surface area (TPSA) is 100 Å². The maximum Gasteiger partial charge on any atom is 0.264 e. The molecule has 0 saturated heterocycles. The van der Waals surface area contributed by atoms with Gasteiger partial charge in [-0.25, -0.2) is 0 Å². The van der Waals surface area contributed by atoms with Crippen molar-refractivity contribution < 1.29 is 18.8 Å². The number of carbonyl (C=O) groups is 1. The number of ether oxygens (including phenoxy) is 2. The van der Waals surface area contributed by atoms with Crippen molar-refractivity contribution in [2.75, 3.05) is 6.61 Å². The van der Waals surface area contributed by atoms with Gasteiger partial charge in [0.25, 0.3) is 5.89 Å². The molecule has 1 aromatic heterocycles. The van der Waals surface area contributed by atoms with E-state index in [1.807, 2.05) is 13.8 Å². The summed E-state index contributed by atoms with van der Waals surface area (Å²) in [6, 6.07) is 4.53. The van der Waals surface area contributed by atoms with E-state index in [0.29, 0.717) is 29.6 Å². The molecule has 0 spiro atoms. The first-order chi connectivity index (χ1) is 10.5. The molecule has 0 aliphatic heterocycles. The molecule has 2 N–H and O–H groups in total. The van der Waals surface area contributed by atoms with Crippen LogP contribution in [-0.4, -0.2) is 22.7 Å². The smallest absolute Gasteiger partial charge is 0.264 e. The van der Waals surface area contributed by atoms with Gasteiger partial charge in [0, 0.05) is 12.2 Å². The van der Waals surface area contributed by atoms with Crippen LogP contribution in [0.3, 0.4) is 0 Å². The molecule has 0 radical (unpaired) electrons. The van der Waals surface area contributed by atoms with Gasteiger partial charge >= 0.3 is 0 Å². The minimum Gasteiger partial charge on any atom is -0.482 e. The van der Waals surface area contributed by atoms with E-state index < -0.39 is 5.91 Å². The summed E-state index contributed by atoms with van der Waals surface area (Å²) in [7, 11) is 0. The first-order valence-corrected chi connectivity index (χ1v) is 7.05. The van der Waals surface area contributed by atoms with Gasteiger partial charge in [0.15, 0.2) is 12.4 Å². The Hall–Kier alpha value is -2.12. The minimum absolute atomic E-state index is 0.0570. The van der Waals surface area contributed by atoms with E-state index in [0.717, 1.165) is 0 Å². The molecule has 7 nitrogen and oxygen atoms in total. The van der Waals surface area contributed by atoms with Crippen LogP contribution in [0.5, 0.6) is 5.75 Å². The second-order valence-electron chi connectivity index (χ2n) is 4.44. The minimum atomic E-state index is -0.556. The van der Waals surface area contributed by atoms with E-state index in [1.165, 1.54) is 12.1 Å². The van der Waals surface area contributed by atoms with Gasteiger partial charge in [0.05, 0.1) is 5.02 Å². The monoisotopic (exact) mass is 325 g/mol. The number of rotatable bonds is 7. The Morgan fingerprint density at radius 2 is 2.27 bits per heavy atom. The van der Waals surface area contributed by atoms with Crippen molar-refractivity contribution in [2.45, 2.75) is 26.6 Å². The maximum atomic E-state index is 11.0. The van der Waals surface area contributed by atoms with Crippen LogP contribution in [0.1, 0.15) is 42.0 Å². The lowest BCUT2D eigenvalue weighted by Gasteiger charge is -2.06. The molecule has 1 amide bonds. The van der Waals surface area contributed by atoms with Gasteiger partial charge in [-0.15, -0.1) is 0 Å². The summed E-state index contributed by atoms with van der Waals surface area (Å²) in [6.07, 6.45) is -0.249. The van der Waals surface area contributed by atoms with Crippen molar-refractivity contribution in [2.24, 2.45) is 5.73 Å². The molecular weight excluding hydrogens is 310 g/mol. The van der Waals surface area contributed by atoms with Crippen LogP contribution in [0.2, 0.25) is 5.02 Å². The second-order valence-corrected chi connectivity index (χ2v) is 4.85. The highest BCUT2D eigenvalue weighted by Gasteiger charge is 2.14. The van der Waals surface area contributed by atoms with E-state index in [1.54, 1.807) is 6.07 Å². The number of amides is 1. The zero-order valence-corrected chi connectivity index (χ0v) is 13.0. The number of halogens is 1. The Balaban J connectivity index is 2.00. The first-order valence-electron chi connectivity index (χ1n) is 6.67. The van der Waals surface area contributed by atoms with Gasteiger partial charge in [-0.05, 0) is 32.0 Å². The predicted octanol–water partition coefficient (Wildman–Crippen LogP) is 2.50. The number of hydrogen-bond donors (Lipinski definition) is 1. The van der Waals surface area contributed by atoms with Crippen molar-refractivity contribution in [3.8, 4) is 5.75 Å². The highest BCUT2D eigenvalue weighted by molar-refractivity contribution is 6.32. The molecular formula is C14H16ClN3O4. The number of benzene rings is 1. The van der Waals surface area contributed by atoms with Crippen molar-refractivity contribution in [1.29, 1.82) is 0 Å². The van der Waals surface area contributed by atoms with Crippen LogP contribution in [0.4, 0.5) is 0 Å². The molecule has 0 aliphatic carbocycles. The first kappa shape index (κ1) is 16.3. The van der Waals surface area contributed by atoms with Crippen molar-refractivity contribution in [3.63, 3.8) is 0 Å². The molecule has 1 heterocycles. The highest BCUT2D eigenvalue weighted by Crippen LogP contribution is 2.26. The van der Waals surface area contributed by atoms with Gasteiger partial charge in [0.2, 0.25) is 5.91 Å². The lowest BCUT2D eigenvalue weighted by molar-refractivity contribution is 0.0683. The van der Waals surface area contributed by atoms with Crippen molar-refractivity contribution in [1.82, 2.24) is 10.1 Å². The Kier molecular flexibility index (Phi) is 5.35. The van der Waals surface area contributed by atoms with E-state index in [4.69, 9.17) is 31.3 Å². The molecule has 2 rings (SSSR count). The molecule has 8 heteroatoms. The summed E-state index contributed by atoms with van der Waals surface area (Å²) in [5.41, 5.74) is 5.48. The largest absolute Gasteiger partial charge is 0.482 e. The molecule has 1 unspecified atom stereocenters. The van der Waals surface area contributed by atoms with E-state index >= 15 is 0 Å². The summed E-state index contributed by atoms with van der Waals surface area (Å²) in [4.78, 5) is 15.2. The molecule has 22 heavy (non-hydrogen) atoms. The molecule has 0 bridgehead atoms. The van der Waals surface area contributed by atoms with Gasteiger partial charge in [-0.2, -0.15) is 4.98 Å². The Morgan fingerprint density at radius 3 is 2.91 bits per heavy atom. The van der Waals surface area contributed by atoms with Crippen LogP contribution >= 0.6 is 11.6 Å². The third kappa shape index (κ3) is 3.96. The van der Waals surface area contributed by atoms with Gasteiger partial charge < -0.3 is 19.7 Å². The summed E-state index contributed by atoms with van der Waals surface area (Å²) < 4.78 is 15.9. The molecule has 2 aromatic rings. The van der Waals surface area contributed by atoms with Crippen LogP contribution in [-0.2, 0) is 11.3 Å². The molecule has 1 atom stereocenters. The van der Waals surface area contributed by atoms with Crippen LogP contribution in [0, 0.1) is 0 Å². The summed E-state index contributed by atoms with van der Waals surface area (Å²) in [6.45, 7) is 4.33. The van der Waals surface area contributed by atoms with E-state index in [9.17, 15) is 4.79 Å². The third-order valence-corrected chi connectivity index (χ3v) is 3.13. The zero-order chi connectivity index (χ0) is 16.1. The summed E-state index contributed by atoms with van der Waals surface area (Å²) in [5, 5.41) is 4.10. The standard InChI is InChI=1S/C14H16ClN3O4/c1-3-20-8(2)14-17-12(22-18-14)7-21-11-5-4-9(13(16)19)6-10(11)15/h4-6,8H,3,7H2,1-2H3,(H2,16,19). The quantitative estimate of drug-likeness (QED) is 0.839. The zero-order valence-electron chi connectivity index (χ0n) is 12.2. The predicted molar refractivity (Wildman–Crippen MR) is 78.6 cm³/mol. The fourth-order valence-corrected chi connectivity index (χ4v) is 1.96. The SMILES string of the molecule is CCOC(C)c1noc(COc2ccc(C(N)=O)cc2Cl)n1. The number of carbonyl (C=O) groups excluding carboxylic acids is 1. The fourth-order valence-electron chi connectivity index (χ4n) is 1.73. The molecule has 1 aromatic carbocycles. The lowest BCUT2D eigenvalue weighted by atomic mass is 10.2. The maximum absolute atomic E-state index is 11.0.